The molecule has 0 radical (unpaired) electrons. The van der Waals surface area contributed by atoms with Crippen LogP contribution in [0.4, 0.5) is 26.3 Å². The molecule has 0 aromatic carbocycles. The SMILES string of the molecule is O=C(N1CCC[C@H]2[C@@H]1CCCN2C(=O)C(F)(F)F)C(F)(F)F. The normalized spacial score (nSPS) is 26.6. The number of rotatable bonds is 0. The number of hydrogen-bond acceptors (Lipinski definition) is 2. The van der Waals surface area contributed by atoms with Crippen molar-refractivity contribution < 1.29 is 35.9 Å². The molecule has 126 valence electrons. The lowest BCUT2D eigenvalue weighted by atomic mass is 9.87. The summed E-state index contributed by atoms with van der Waals surface area (Å²) in [6.07, 6.45) is -9.56. The summed E-state index contributed by atoms with van der Waals surface area (Å²) in [7, 11) is 0. The van der Waals surface area contributed by atoms with Gasteiger partial charge in [-0.05, 0) is 25.7 Å². The van der Waals surface area contributed by atoms with E-state index in [1.54, 1.807) is 0 Å². The lowest BCUT2D eigenvalue weighted by Crippen LogP contribution is -2.64. The molecular formula is C12H14F6N2O2. The van der Waals surface area contributed by atoms with E-state index in [4.69, 9.17) is 0 Å². The predicted octanol–water partition coefficient (Wildman–Crippen LogP) is 2.09. The van der Waals surface area contributed by atoms with Gasteiger partial charge in [0.05, 0.1) is 12.1 Å². The van der Waals surface area contributed by atoms with Gasteiger partial charge in [-0.15, -0.1) is 0 Å². The first-order valence-corrected chi connectivity index (χ1v) is 6.79. The molecular weight excluding hydrogens is 318 g/mol. The van der Waals surface area contributed by atoms with Crippen LogP contribution in [0.5, 0.6) is 0 Å². The van der Waals surface area contributed by atoms with Crippen LogP contribution in [0.25, 0.3) is 0 Å². The summed E-state index contributed by atoms with van der Waals surface area (Å²) >= 11 is 0. The van der Waals surface area contributed by atoms with Gasteiger partial charge in [0, 0.05) is 13.1 Å². The van der Waals surface area contributed by atoms with Crippen molar-refractivity contribution in [2.75, 3.05) is 13.1 Å². The molecule has 2 fully saturated rings. The zero-order valence-corrected chi connectivity index (χ0v) is 11.4. The minimum atomic E-state index is -5.07. The Morgan fingerprint density at radius 1 is 0.727 bits per heavy atom. The van der Waals surface area contributed by atoms with Gasteiger partial charge in [0.25, 0.3) is 0 Å². The molecule has 2 heterocycles. The van der Waals surface area contributed by atoms with Gasteiger partial charge in [-0.3, -0.25) is 9.59 Å². The van der Waals surface area contributed by atoms with Crippen LogP contribution in [0.2, 0.25) is 0 Å². The highest BCUT2D eigenvalue weighted by molar-refractivity contribution is 5.84. The Balaban J connectivity index is 2.22. The summed E-state index contributed by atoms with van der Waals surface area (Å²) in [4.78, 5) is 24.0. The van der Waals surface area contributed by atoms with Gasteiger partial charge < -0.3 is 9.80 Å². The smallest absolute Gasteiger partial charge is 0.330 e. The van der Waals surface area contributed by atoms with E-state index in [1.807, 2.05) is 0 Å². The Labute approximate surface area is 122 Å². The molecule has 0 N–H and O–H groups in total. The van der Waals surface area contributed by atoms with E-state index in [-0.39, 0.29) is 38.8 Å². The van der Waals surface area contributed by atoms with Crippen LogP contribution in [0, 0.1) is 0 Å². The molecule has 22 heavy (non-hydrogen) atoms. The van der Waals surface area contributed by atoms with Crippen molar-refractivity contribution in [2.24, 2.45) is 0 Å². The van der Waals surface area contributed by atoms with E-state index in [2.05, 4.69) is 0 Å². The third-order valence-electron chi connectivity index (χ3n) is 4.05. The van der Waals surface area contributed by atoms with E-state index in [0.717, 1.165) is 0 Å². The Kier molecular flexibility index (Phi) is 4.31. The maximum absolute atomic E-state index is 12.6. The average molecular weight is 332 g/mol. The summed E-state index contributed by atoms with van der Waals surface area (Å²) in [6.45, 7) is -0.318. The molecule has 2 amide bonds. The molecule has 0 unspecified atom stereocenters. The van der Waals surface area contributed by atoms with Gasteiger partial charge in [0.2, 0.25) is 0 Å². The van der Waals surface area contributed by atoms with E-state index >= 15 is 0 Å². The summed E-state index contributed by atoms with van der Waals surface area (Å²) in [5, 5.41) is 0. The highest BCUT2D eigenvalue weighted by Gasteiger charge is 2.52. The standard InChI is InChI=1S/C12H14F6N2O2/c13-11(14,15)9(21)19-5-1-3-7-8(19)4-2-6-20(7)10(22)12(16,17)18/h7-8H,1-6H2/t7-,8-/m0/s1. The maximum atomic E-state index is 12.6. The molecule has 0 spiro atoms. The van der Waals surface area contributed by atoms with E-state index < -0.39 is 36.3 Å². The molecule has 2 aliphatic rings. The fraction of sp³-hybridized carbons (Fsp3) is 0.833. The number of halogens is 6. The summed E-state index contributed by atoms with van der Waals surface area (Å²) in [6, 6.07) is -2.02. The van der Waals surface area contributed by atoms with Crippen LogP contribution in [0.3, 0.4) is 0 Å². The number of likely N-dealkylation sites (tertiary alicyclic amines) is 2. The largest absolute Gasteiger partial charge is 0.471 e. The molecule has 0 aromatic heterocycles. The molecule has 2 saturated heterocycles. The van der Waals surface area contributed by atoms with Crippen LogP contribution in [-0.2, 0) is 9.59 Å². The third kappa shape index (κ3) is 3.14. The number of nitrogens with zero attached hydrogens (tertiary/aromatic N) is 2. The third-order valence-corrected chi connectivity index (χ3v) is 4.05. The van der Waals surface area contributed by atoms with Crippen molar-refractivity contribution >= 4 is 11.8 Å². The van der Waals surface area contributed by atoms with Crippen molar-refractivity contribution in [3.63, 3.8) is 0 Å². The fourth-order valence-electron chi connectivity index (χ4n) is 3.22. The van der Waals surface area contributed by atoms with Crippen molar-refractivity contribution in [3.05, 3.63) is 0 Å². The van der Waals surface area contributed by atoms with Crippen LogP contribution >= 0.6 is 0 Å². The lowest BCUT2D eigenvalue weighted by Gasteiger charge is -2.49. The number of carbonyl (C=O) groups excluding carboxylic acids is 2. The zero-order valence-electron chi connectivity index (χ0n) is 11.4. The Bertz CT molecular complexity index is 420. The van der Waals surface area contributed by atoms with Gasteiger partial charge in [-0.2, -0.15) is 26.3 Å². The summed E-state index contributed by atoms with van der Waals surface area (Å²) in [5.74, 6) is -4.10. The van der Waals surface area contributed by atoms with Gasteiger partial charge in [-0.25, -0.2) is 0 Å². The number of hydrogen-bond donors (Lipinski definition) is 0. The Morgan fingerprint density at radius 2 is 1.05 bits per heavy atom. The molecule has 2 aliphatic heterocycles. The second-order valence-electron chi connectivity index (χ2n) is 5.41. The molecule has 2 atom stereocenters. The highest BCUT2D eigenvalue weighted by atomic mass is 19.4. The quantitative estimate of drug-likeness (QED) is 0.638. The van der Waals surface area contributed by atoms with Gasteiger partial charge in [0.1, 0.15) is 0 Å². The molecule has 10 heteroatoms. The van der Waals surface area contributed by atoms with Crippen molar-refractivity contribution in [1.29, 1.82) is 0 Å². The van der Waals surface area contributed by atoms with Crippen LogP contribution in [0.1, 0.15) is 25.7 Å². The van der Waals surface area contributed by atoms with Crippen molar-refractivity contribution in [2.45, 2.75) is 50.1 Å². The topological polar surface area (TPSA) is 40.6 Å². The van der Waals surface area contributed by atoms with Crippen LogP contribution in [-0.4, -0.2) is 59.1 Å². The van der Waals surface area contributed by atoms with Crippen molar-refractivity contribution in [3.8, 4) is 0 Å². The summed E-state index contributed by atoms with van der Waals surface area (Å²) < 4.78 is 75.5. The average Bonchev–Trinajstić information content (AvgIpc) is 2.42. The first-order chi connectivity index (χ1) is 10.0. The number of carbonyl (C=O) groups is 2. The first kappa shape index (κ1) is 16.9. The number of piperidine rings is 2. The maximum Gasteiger partial charge on any atom is 0.471 e. The lowest BCUT2D eigenvalue weighted by molar-refractivity contribution is -0.199. The Morgan fingerprint density at radius 3 is 1.32 bits per heavy atom. The van der Waals surface area contributed by atoms with E-state index in [1.165, 1.54) is 0 Å². The predicted molar refractivity (Wildman–Crippen MR) is 61.6 cm³/mol. The fourth-order valence-corrected chi connectivity index (χ4v) is 3.22. The minimum Gasteiger partial charge on any atom is -0.330 e. The van der Waals surface area contributed by atoms with Gasteiger partial charge >= 0.3 is 24.2 Å². The molecule has 2 rings (SSSR count). The minimum absolute atomic E-state index is 0.130. The first-order valence-electron chi connectivity index (χ1n) is 6.79. The van der Waals surface area contributed by atoms with Crippen LogP contribution < -0.4 is 0 Å². The second kappa shape index (κ2) is 5.62. The molecule has 0 saturated carbocycles. The van der Waals surface area contributed by atoms with Crippen LogP contribution in [0.15, 0.2) is 0 Å². The molecule has 4 nitrogen and oxygen atoms in total. The van der Waals surface area contributed by atoms with Gasteiger partial charge in [0.15, 0.2) is 0 Å². The summed E-state index contributed by atoms with van der Waals surface area (Å²) in [5.41, 5.74) is 0. The molecule has 0 bridgehead atoms. The molecule has 0 aliphatic carbocycles. The second-order valence-corrected chi connectivity index (χ2v) is 5.41. The Hall–Kier alpha value is -1.48. The number of fused-ring (bicyclic) bond motifs is 1. The molecule has 0 aromatic rings. The number of alkyl halides is 6. The zero-order chi connectivity index (χ0) is 16.7. The van der Waals surface area contributed by atoms with Crippen molar-refractivity contribution in [1.82, 2.24) is 9.80 Å². The van der Waals surface area contributed by atoms with Gasteiger partial charge in [-0.1, -0.05) is 0 Å². The van der Waals surface area contributed by atoms with E-state index in [0.29, 0.717) is 9.80 Å². The highest BCUT2D eigenvalue weighted by Crippen LogP contribution is 2.34. The number of amides is 2. The van der Waals surface area contributed by atoms with E-state index in [9.17, 15) is 35.9 Å². The monoisotopic (exact) mass is 332 g/mol.